The van der Waals surface area contributed by atoms with Gasteiger partial charge in [-0.15, -0.1) is 0 Å². The molecule has 1 saturated carbocycles. The van der Waals surface area contributed by atoms with Crippen LogP contribution in [0.2, 0.25) is 0 Å². The zero-order valence-corrected chi connectivity index (χ0v) is 13.0. The predicted molar refractivity (Wildman–Crippen MR) is 85.4 cm³/mol. The minimum Gasteiger partial charge on any atom is -0.497 e. The summed E-state index contributed by atoms with van der Waals surface area (Å²) in [5.74, 6) is 1.72. The minimum absolute atomic E-state index is 0.774. The second-order valence-electron chi connectivity index (χ2n) is 6.10. The van der Waals surface area contributed by atoms with Gasteiger partial charge in [0.05, 0.1) is 7.11 Å². The summed E-state index contributed by atoms with van der Waals surface area (Å²) in [6, 6.07) is 9.39. The van der Waals surface area contributed by atoms with Gasteiger partial charge in [-0.1, -0.05) is 38.3 Å². The van der Waals surface area contributed by atoms with E-state index >= 15 is 0 Å². The third-order valence-electron chi connectivity index (χ3n) is 4.17. The minimum atomic E-state index is 0.774. The maximum atomic E-state index is 5.23. The predicted octanol–water partition coefficient (Wildman–Crippen LogP) is 4.19. The average Bonchev–Trinajstić information content (AvgIpc) is 3.30. The highest BCUT2D eigenvalue weighted by Gasteiger charge is 2.21. The molecule has 112 valence electrons. The highest BCUT2D eigenvalue weighted by molar-refractivity contribution is 5.27. The number of hydrogen-bond donors (Lipinski definition) is 1. The normalized spacial score (nSPS) is 16.1. The van der Waals surface area contributed by atoms with Crippen LogP contribution in [0.3, 0.4) is 0 Å². The van der Waals surface area contributed by atoms with Crippen molar-refractivity contribution in [1.29, 1.82) is 0 Å². The van der Waals surface area contributed by atoms with Crippen LogP contribution < -0.4 is 10.1 Å². The van der Waals surface area contributed by atoms with Gasteiger partial charge >= 0.3 is 0 Å². The fourth-order valence-corrected chi connectivity index (χ4v) is 2.68. The van der Waals surface area contributed by atoms with Crippen molar-refractivity contribution in [2.45, 2.75) is 57.9 Å². The lowest BCUT2D eigenvalue weighted by molar-refractivity contribution is 0.412. The monoisotopic (exact) mass is 275 g/mol. The van der Waals surface area contributed by atoms with Gasteiger partial charge in [0.2, 0.25) is 0 Å². The summed E-state index contributed by atoms with van der Waals surface area (Å²) in [5.41, 5.74) is 1.44. The lowest BCUT2D eigenvalue weighted by Crippen LogP contribution is -2.26. The van der Waals surface area contributed by atoms with Gasteiger partial charge in [-0.2, -0.15) is 0 Å². The molecule has 1 atom stereocenters. The van der Waals surface area contributed by atoms with E-state index in [1.54, 1.807) is 7.11 Å². The van der Waals surface area contributed by atoms with E-state index in [0.29, 0.717) is 0 Å². The number of nitrogens with one attached hydrogen (secondary N) is 1. The Balaban J connectivity index is 1.82. The van der Waals surface area contributed by atoms with Crippen LogP contribution in [-0.4, -0.2) is 19.7 Å². The lowest BCUT2D eigenvalue weighted by Gasteiger charge is -2.18. The summed E-state index contributed by atoms with van der Waals surface area (Å²) in [6.07, 6.45) is 9.33. The van der Waals surface area contributed by atoms with Gasteiger partial charge in [0.15, 0.2) is 0 Å². The van der Waals surface area contributed by atoms with Crippen molar-refractivity contribution < 1.29 is 4.74 Å². The van der Waals surface area contributed by atoms with Crippen molar-refractivity contribution in [2.75, 3.05) is 13.7 Å². The number of benzene rings is 1. The van der Waals surface area contributed by atoms with Crippen LogP contribution in [0.5, 0.6) is 5.75 Å². The Morgan fingerprint density at radius 3 is 2.55 bits per heavy atom. The van der Waals surface area contributed by atoms with E-state index in [-0.39, 0.29) is 0 Å². The molecule has 1 aromatic rings. The number of hydrogen-bond acceptors (Lipinski definition) is 2. The Hall–Kier alpha value is -1.02. The van der Waals surface area contributed by atoms with Gasteiger partial charge < -0.3 is 10.1 Å². The Labute approximate surface area is 123 Å². The molecule has 1 unspecified atom stereocenters. The molecule has 1 fully saturated rings. The molecule has 0 radical (unpaired) electrons. The van der Waals surface area contributed by atoms with Gasteiger partial charge in [-0.05, 0) is 55.8 Å². The molecule has 0 aromatic heterocycles. The summed E-state index contributed by atoms with van der Waals surface area (Å²) in [5, 5.41) is 3.70. The third kappa shape index (κ3) is 5.54. The SMILES string of the molecule is CCCCCC(CNC1CC1)Cc1ccc(OC)cc1. The quantitative estimate of drug-likeness (QED) is 0.647. The molecule has 1 aromatic carbocycles. The molecule has 2 nitrogen and oxygen atoms in total. The molecule has 0 amide bonds. The van der Waals surface area contributed by atoms with Gasteiger partial charge in [-0.25, -0.2) is 0 Å². The Morgan fingerprint density at radius 2 is 1.95 bits per heavy atom. The Kier molecular flexibility index (Phi) is 6.38. The van der Waals surface area contributed by atoms with Crippen LogP contribution in [0, 0.1) is 5.92 Å². The number of methoxy groups -OCH3 is 1. The number of unbranched alkanes of at least 4 members (excludes halogenated alkanes) is 2. The molecule has 0 saturated heterocycles. The van der Waals surface area contributed by atoms with Crippen molar-refractivity contribution in [2.24, 2.45) is 5.92 Å². The first-order chi connectivity index (χ1) is 9.81. The first kappa shape index (κ1) is 15.4. The van der Waals surface area contributed by atoms with E-state index in [9.17, 15) is 0 Å². The number of rotatable bonds is 10. The molecule has 1 aliphatic carbocycles. The molecule has 2 heteroatoms. The highest BCUT2D eigenvalue weighted by Crippen LogP contribution is 2.22. The van der Waals surface area contributed by atoms with E-state index in [0.717, 1.165) is 17.7 Å². The summed E-state index contributed by atoms with van der Waals surface area (Å²) in [4.78, 5) is 0. The van der Waals surface area contributed by atoms with Gasteiger partial charge in [0.25, 0.3) is 0 Å². The zero-order chi connectivity index (χ0) is 14.2. The van der Waals surface area contributed by atoms with Crippen molar-refractivity contribution in [1.82, 2.24) is 5.32 Å². The largest absolute Gasteiger partial charge is 0.497 e. The standard InChI is InChI=1S/C18H29NO/c1-3-4-5-6-16(14-19-17-9-10-17)13-15-7-11-18(20-2)12-8-15/h7-8,11-12,16-17,19H,3-6,9-10,13-14H2,1-2H3. The average molecular weight is 275 g/mol. The summed E-state index contributed by atoms with van der Waals surface area (Å²) in [7, 11) is 1.72. The van der Waals surface area contributed by atoms with Gasteiger partial charge in [-0.3, -0.25) is 0 Å². The van der Waals surface area contributed by atoms with Crippen LogP contribution >= 0.6 is 0 Å². The molecule has 2 rings (SSSR count). The maximum Gasteiger partial charge on any atom is 0.118 e. The highest BCUT2D eigenvalue weighted by atomic mass is 16.5. The van der Waals surface area contributed by atoms with E-state index in [4.69, 9.17) is 4.74 Å². The third-order valence-corrected chi connectivity index (χ3v) is 4.17. The fraction of sp³-hybridized carbons (Fsp3) is 0.667. The van der Waals surface area contributed by atoms with Crippen LogP contribution in [0.15, 0.2) is 24.3 Å². The van der Waals surface area contributed by atoms with E-state index in [1.807, 2.05) is 0 Å². The molecule has 1 aliphatic rings. The van der Waals surface area contributed by atoms with E-state index < -0.39 is 0 Å². The summed E-state index contributed by atoms with van der Waals surface area (Å²) >= 11 is 0. The second kappa shape index (κ2) is 8.31. The molecular weight excluding hydrogens is 246 g/mol. The smallest absolute Gasteiger partial charge is 0.118 e. The molecular formula is C18H29NO. The van der Waals surface area contributed by atoms with Crippen molar-refractivity contribution in [3.8, 4) is 5.75 Å². The van der Waals surface area contributed by atoms with E-state index in [1.165, 1.54) is 57.1 Å². The molecule has 0 bridgehead atoms. The molecule has 1 N–H and O–H groups in total. The van der Waals surface area contributed by atoms with Crippen molar-refractivity contribution >= 4 is 0 Å². The number of ether oxygens (including phenoxy) is 1. The molecule has 0 heterocycles. The zero-order valence-electron chi connectivity index (χ0n) is 13.0. The summed E-state index contributed by atoms with van der Waals surface area (Å²) in [6.45, 7) is 3.46. The maximum absolute atomic E-state index is 5.23. The van der Waals surface area contributed by atoms with Crippen molar-refractivity contribution in [3.63, 3.8) is 0 Å². The van der Waals surface area contributed by atoms with Crippen LogP contribution in [0.1, 0.15) is 51.0 Å². The molecule has 0 spiro atoms. The first-order valence-corrected chi connectivity index (χ1v) is 8.18. The fourth-order valence-electron chi connectivity index (χ4n) is 2.68. The van der Waals surface area contributed by atoms with Crippen molar-refractivity contribution in [3.05, 3.63) is 29.8 Å². The molecule has 0 aliphatic heterocycles. The van der Waals surface area contributed by atoms with Gasteiger partial charge in [0, 0.05) is 6.04 Å². The van der Waals surface area contributed by atoms with Gasteiger partial charge in [0.1, 0.15) is 5.75 Å². The second-order valence-corrected chi connectivity index (χ2v) is 6.10. The summed E-state index contributed by atoms with van der Waals surface area (Å²) < 4.78 is 5.23. The van der Waals surface area contributed by atoms with Crippen LogP contribution in [-0.2, 0) is 6.42 Å². The topological polar surface area (TPSA) is 21.3 Å². The molecule has 20 heavy (non-hydrogen) atoms. The van der Waals surface area contributed by atoms with E-state index in [2.05, 4.69) is 36.5 Å². The Bertz CT molecular complexity index is 370. The first-order valence-electron chi connectivity index (χ1n) is 8.18. The van der Waals surface area contributed by atoms with Crippen LogP contribution in [0.25, 0.3) is 0 Å². The Morgan fingerprint density at radius 1 is 1.20 bits per heavy atom. The van der Waals surface area contributed by atoms with Crippen LogP contribution in [0.4, 0.5) is 0 Å². The lowest BCUT2D eigenvalue weighted by atomic mass is 9.93.